The first-order valence-corrected chi connectivity index (χ1v) is 13.6. The molecule has 5 rings (SSSR count). The lowest BCUT2D eigenvalue weighted by Gasteiger charge is -2.30. The molecule has 2 aliphatic rings. The third kappa shape index (κ3) is 6.77. The van der Waals surface area contributed by atoms with Gasteiger partial charge in [-0.25, -0.2) is 0 Å². The van der Waals surface area contributed by atoms with E-state index in [1.165, 1.54) is 12.8 Å². The van der Waals surface area contributed by atoms with Crippen molar-refractivity contribution in [1.29, 1.82) is 0 Å². The minimum absolute atomic E-state index is 0.249. The molecule has 3 heterocycles. The van der Waals surface area contributed by atoms with Crippen LogP contribution in [0.2, 0.25) is 5.02 Å². The number of nitrogens with one attached hydrogen (secondary N) is 2. The fourth-order valence-electron chi connectivity index (χ4n) is 4.74. The number of hydrogen-bond donors (Lipinski definition) is 2. The number of nitrogens with zero attached hydrogens (tertiary/aromatic N) is 5. The number of piperidine rings is 2. The van der Waals surface area contributed by atoms with E-state index < -0.39 is 0 Å². The maximum absolute atomic E-state index is 12.7. The molecule has 9 nitrogen and oxygen atoms in total. The molecule has 1 amide bonds. The van der Waals surface area contributed by atoms with Gasteiger partial charge in [0.25, 0.3) is 0 Å². The number of carbonyl (C=O) groups is 2. The van der Waals surface area contributed by atoms with E-state index in [0.717, 1.165) is 57.5 Å². The van der Waals surface area contributed by atoms with Crippen LogP contribution in [0, 0.1) is 0 Å². The summed E-state index contributed by atoms with van der Waals surface area (Å²) in [4.78, 5) is 43.7. The van der Waals surface area contributed by atoms with Gasteiger partial charge in [-0.15, -0.1) is 0 Å². The van der Waals surface area contributed by atoms with Crippen molar-refractivity contribution in [1.82, 2.24) is 15.0 Å². The summed E-state index contributed by atoms with van der Waals surface area (Å²) in [5.41, 5.74) is 1.81. The van der Waals surface area contributed by atoms with E-state index in [-0.39, 0.29) is 18.1 Å². The third-order valence-corrected chi connectivity index (χ3v) is 7.05. The van der Waals surface area contributed by atoms with E-state index in [4.69, 9.17) is 26.6 Å². The molecule has 2 fully saturated rings. The van der Waals surface area contributed by atoms with Gasteiger partial charge in [-0.1, -0.05) is 11.6 Å². The van der Waals surface area contributed by atoms with Crippen LogP contribution >= 0.6 is 11.6 Å². The zero-order valence-electron chi connectivity index (χ0n) is 21.3. The van der Waals surface area contributed by atoms with Crippen LogP contribution in [0.4, 0.5) is 29.2 Å². The van der Waals surface area contributed by atoms with Crippen molar-refractivity contribution >= 4 is 52.5 Å². The van der Waals surface area contributed by atoms with Gasteiger partial charge in [0.2, 0.25) is 23.8 Å². The first-order chi connectivity index (χ1) is 18.5. The minimum atomic E-state index is -0.375. The molecule has 0 atom stereocenters. The average Bonchev–Trinajstić information content (AvgIpc) is 2.95. The Balaban J connectivity index is 1.26. The van der Waals surface area contributed by atoms with Crippen LogP contribution in [-0.4, -0.2) is 52.8 Å². The number of carbonyl (C=O) groups excluding carboxylic acids is 2. The molecule has 38 heavy (non-hydrogen) atoms. The Bertz CT molecular complexity index is 1220. The molecule has 0 radical (unpaired) electrons. The molecule has 0 aliphatic carbocycles. The van der Waals surface area contributed by atoms with E-state index >= 15 is 0 Å². The van der Waals surface area contributed by atoms with Crippen LogP contribution in [0.3, 0.4) is 0 Å². The standard InChI is InChI=1S/C28H32ClN7O2/c29-21-9-13-22(14-10-21)30-25(38)19-24(37)20-7-11-23(12-8-20)31-26-32-27(35-15-3-1-4-16-35)34-28(33-26)36-17-5-2-6-18-36/h7-14H,1-6,15-19H2,(H,30,38)(H,31,32,33,34). The van der Waals surface area contributed by atoms with Gasteiger partial charge in [0, 0.05) is 48.1 Å². The third-order valence-electron chi connectivity index (χ3n) is 6.80. The molecular weight excluding hydrogens is 502 g/mol. The smallest absolute Gasteiger partial charge is 0.233 e. The quantitative estimate of drug-likeness (QED) is 0.290. The molecule has 0 bridgehead atoms. The van der Waals surface area contributed by atoms with Crippen molar-refractivity contribution in [3.05, 3.63) is 59.1 Å². The lowest BCUT2D eigenvalue weighted by atomic mass is 10.1. The van der Waals surface area contributed by atoms with E-state index in [0.29, 0.717) is 34.1 Å². The molecule has 198 valence electrons. The highest BCUT2D eigenvalue weighted by Gasteiger charge is 2.20. The highest BCUT2D eigenvalue weighted by Crippen LogP contribution is 2.24. The zero-order chi connectivity index (χ0) is 26.3. The number of hydrogen-bond acceptors (Lipinski definition) is 8. The van der Waals surface area contributed by atoms with E-state index in [9.17, 15) is 9.59 Å². The summed E-state index contributed by atoms with van der Waals surface area (Å²) in [7, 11) is 0. The number of ketones is 1. The number of anilines is 5. The average molecular weight is 534 g/mol. The van der Waals surface area contributed by atoms with Gasteiger partial charge in [0.05, 0.1) is 6.42 Å². The fourth-order valence-corrected chi connectivity index (χ4v) is 4.86. The number of amides is 1. The second-order valence-corrected chi connectivity index (χ2v) is 10.1. The molecule has 0 unspecified atom stereocenters. The van der Waals surface area contributed by atoms with Crippen LogP contribution in [0.1, 0.15) is 55.3 Å². The van der Waals surface area contributed by atoms with Crippen molar-refractivity contribution in [3.63, 3.8) is 0 Å². The van der Waals surface area contributed by atoms with Crippen LogP contribution < -0.4 is 20.4 Å². The Hall–Kier alpha value is -3.72. The Morgan fingerprint density at radius 1 is 0.711 bits per heavy atom. The molecular formula is C28H32ClN7O2. The molecule has 2 aliphatic heterocycles. The minimum Gasteiger partial charge on any atom is -0.341 e. The largest absolute Gasteiger partial charge is 0.341 e. The molecule has 1 aromatic heterocycles. The fraction of sp³-hybridized carbons (Fsp3) is 0.393. The number of rotatable bonds is 8. The van der Waals surface area contributed by atoms with Crippen molar-refractivity contribution in [2.45, 2.75) is 44.9 Å². The van der Waals surface area contributed by atoms with Crippen LogP contribution in [0.25, 0.3) is 0 Å². The molecule has 10 heteroatoms. The first-order valence-electron chi connectivity index (χ1n) is 13.3. The Morgan fingerprint density at radius 3 is 1.79 bits per heavy atom. The molecule has 0 saturated carbocycles. The summed E-state index contributed by atoms with van der Waals surface area (Å²) in [5, 5.41) is 6.59. The molecule has 3 aromatic rings. The van der Waals surface area contributed by atoms with Gasteiger partial charge in [-0.2, -0.15) is 15.0 Å². The molecule has 2 aromatic carbocycles. The van der Waals surface area contributed by atoms with E-state index in [1.807, 2.05) is 0 Å². The van der Waals surface area contributed by atoms with Gasteiger partial charge in [0.1, 0.15) is 0 Å². The van der Waals surface area contributed by atoms with Gasteiger partial charge < -0.3 is 20.4 Å². The lowest BCUT2D eigenvalue weighted by molar-refractivity contribution is -0.115. The number of aromatic nitrogens is 3. The Kier molecular flexibility index (Phi) is 8.33. The SMILES string of the molecule is O=C(CC(=O)c1ccc(Nc2nc(N3CCCCC3)nc(N3CCCCC3)n2)cc1)Nc1ccc(Cl)cc1. The maximum Gasteiger partial charge on any atom is 0.233 e. The van der Waals surface area contributed by atoms with Gasteiger partial charge in [-0.3, -0.25) is 9.59 Å². The normalized spacial score (nSPS) is 15.7. The zero-order valence-corrected chi connectivity index (χ0v) is 22.1. The highest BCUT2D eigenvalue weighted by atomic mass is 35.5. The Labute approximate surface area is 227 Å². The second-order valence-electron chi connectivity index (χ2n) is 9.71. The Morgan fingerprint density at radius 2 is 1.24 bits per heavy atom. The molecule has 2 N–H and O–H groups in total. The van der Waals surface area contributed by atoms with Crippen LogP contribution in [0.15, 0.2) is 48.5 Å². The van der Waals surface area contributed by atoms with Crippen molar-refractivity contribution in [3.8, 4) is 0 Å². The summed E-state index contributed by atoms with van der Waals surface area (Å²) >= 11 is 5.88. The van der Waals surface area contributed by atoms with Gasteiger partial charge >= 0.3 is 0 Å². The van der Waals surface area contributed by atoms with Gasteiger partial charge in [0.15, 0.2) is 5.78 Å². The summed E-state index contributed by atoms with van der Waals surface area (Å²) in [5.74, 6) is 1.27. The van der Waals surface area contributed by atoms with Crippen molar-refractivity contribution < 1.29 is 9.59 Å². The predicted molar refractivity (Wildman–Crippen MR) is 151 cm³/mol. The predicted octanol–water partition coefficient (Wildman–Crippen LogP) is 5.46. The monoisotopic (exact) mass is 533 g/mol. The molecule has 2 saturated heterocycles. The van der Waals surface area contributed by atoms with E-state index in [2.05, 4.69) is 20.4 Å². The lowest BCUT2D eigenvalue weighted by Crippen LogP contribution is -2.34. The van der Waals surface area contributed by atoms with E-state index in [1.54, 1.807) is 48.5 Å². The van der Waals surface area contributed by atoms with Crippen LogP contribution in [-0.2, 0) is 4.79 Å². The van der Waals surface area contributed by atoms with Crippen molar-refractivity contribution in [2.24, 2.45) is 0 Å². The maximum atomic E-state index is 12.7. The second kappa shape index (κ2) is 12.2. The summed E-state index contributed by atoms with van der Waals surface area (Å²) in [6.07, 6.45) is 6.78. The summed E-state index contributed by atoms with van der Waals surface area (Å²) < 4.78 is 0. The number of benzene rings is 2. The summed E-state index contributed by atoms with van der Waals surface area (Å²) in [6, 6.07) is 13.8. The topological polar surface area (TPSA) is 103 Å². The van der Waals surface area contributed by atoms with Gasteiger partial charge in [-0.05, 0) is 87.1 Å². The molecule has 0 spiro atoms. The summed E-state index contributed by atoms with van der Waals surface area (Å²) in [6.45, 7) is 3.80. The number of halogens is 1. The van der Waals surface area contributed by atoms with Crippen molar-refractivity contribution in [2.75, 3.05) is 46.6 Å². The van der Waals surface area contributed by atoms with Crippen LogP contribution in [0.5, 0.6) is 0 Å². The number of Topliss-reactive ketones (excluding diaryl/α,β-unsaturated/α-hetero) is 1. The first kappa shape index (κ1) is 25.9. The highest BCUT2D eigenvalue weighted by molar-refractivity contribution is 6.30.